The fraction of sp³-hybridized carbons (Fsp3) is 0.714. The van der Waals surface area contributed by atoms with Crippen LogP contribution in [0.2, 0.25) is 0 Å². The standard InChI is InChI=1S/C14H25NO2/c1-4-6-7-8-16-11-13-9-12(3)14(17-13)10-15-5-2/h9,15H,4-8,10-11H2,1-3H3. The number of unbranched alkanes of at least 4 members (excludes halogenated alkanes) is 2. The Morgan fingerprint density at radius 3 is 2.82 bits per heavy atom. The van der Waals surface area contributed by atoms with E-state index in [1.165, 1.54) is 18.4 Å². The van der Waals surface area contributed by atoms with E-state index in [9.17, 15) is 0 Å². The summed E-state index contributed by atoms with van der Waals surface area (Å²) in [6.45, 7) is 9.56. The predicted molar refractivity (Wildman–Crippen MR) is 70.0 cm³/mol. The van der Waals surface area contributed by atoms with E-state index in [0.29, 0.717) is 6.61 Å². The monoisotopic (exact) mass is 239 g/mol. The molecule has 0 unspecified atom stereocenters. The molecule has 0 aliphatic rings. The molecule has 0 radical (unpaired) electrons. The molecule has 0 bridgehead atoms. The van der Waals surface area contributed by atoms with Gasteiger partial charge in [0, 0.05) is 6.61 Å². The largest absolute Gasteiger partial charge is 0.462 e. The van der Waals surface area contributed by atoms with Crippen molar-refractivity contribution in [2.24, 2.45) is 0 Å². The van der Waals surface area contributed by atoms with Crippen molar-refractivity contribution in [3.05, 3.63) is 23.2 Å². The second-order valence-corrected chi connectivity index (χ2v) is 4.36. The third-order valence-electron chi connectivity index (χ3n) is 2.74. The van der Waals surface area contributed by atoms with Crippen LogP contribution < -0.4 is 5.32 Å². The number of hydrogen-bond donors (Lipinski definition) is 1. The number of rotatable bonds is 9. The molecule has 1 heterocycles. The number of furan rings is 1. The molecule has 98 valence electrons. The molecule has 0 aliphatic heterocycles. The van der Waals surface area contributed by atoms with Crippen LogP contribution in [0.1, 0.15) is 50.2 Å². The van der Waals surface area contributed by atoms with E-state index < -0.39 is 0 Å². The molecular weight excluding hydrogens is 214 g/mol. The van der Waals surface area contributed by atoms with Gasteiger partial charge in [0.05, 0.1) is 6.54 Å². The van der Waals surface area contributed by atoms with Crippen LogP contribution in [0, 0.1) is 6.92 Å². The van der Waals surface area contributed by atoms with Crippen molar-refractivity contribution in [1.82, 2.24) is 5.32 Å². The first kappa shape index (κ1) is 14.3. The Kier molecular flexibility index (Phi) is 6.97. The van der Waals surface area contributed by atoms with Crippen LogP contribution in [0.3, 0.4) is 0 Å². The zero-order valence-electron chi connectivity index (χ0n) is 11.3. The maximum Gasteiger partial charge on any atom is 0.130 e. The maximum absolute atomic E-state index is 5.74. The van der Waals surface area contributed by atoms with Crippen LogP contribution in [-0.2, 0) is 17.9 Å². The molecule has 3 nitrogen and oxygen atoms in total. The molecule has 3 heteroatoms. The minimum absolute atomic E-state index is 0.594. The van der Waals surface area contributed by atoms with Crippen molar-refractivity contribution in [3.8, 4) is 0 Å². The Labute approximate surface area is 105 Å². The average molecular weight is 239 g/mol. The molecule has 0 fully saturated rings. The molecule has 0 saturated heterocycles. The Morgan fingerprint density at radius 1 is 1.29 bits per heavy atom. The molecule has 0 atom stereocenters. The van der Waals surface area contributed by atoms with Gasteiger partial charge in [-0.05, 0) is 31.5 Å². The zero-order valence-corrected chi connectivity index (χ0v) is 11.3. The van der Waals surface area contributed by atoms with Gasteiger partial charge < -0.3 is 14.5 Å². The smallest absolute Gasteiger partial charge is 0.130 e. The van der Waals surface area contributed by atoms with Crippen LogP contribution >= 0.6 is 0 Å². The summed E-state index contributed by atoms with van der Waals surface area (Å²) < 4.78 is 11.3. The number of ether oxygens (including phenoxy) is 1. The molecule has 17 heavy (non-hydrogen) atoms. The lowest BCUT2D eigenvalue weighted by Crippen LogP contribution is -2.11. The fourth-order valence-electron chi connectivity index (χ4n) is 1.70. The lowest BCUT2D eigenvalue weighted by molar-refractivity contribution is 0.102. The highest BCUT2D eigenvalue weighted by Crippen LogP contribution is 2.15. The first-order valence-electron chi connectivity index (χ1n) is 6.64. The zero-order chi connectivity index (χ0) is 12.5. The van der Waals surface area contributed by atoms with Crippen LogP contribution in [-0.4, -0.2) is 13.2 Å². The van der Waals surface area contributed by atoms with Crippen molar-refractivity contribution in [2.45, 2.75) is 53.2 Å². The minimum atomic E-state index is 0.594. The van der Waals surface area contributed by atoms with Crippen molar-refractivity contribution in [3.63, 3.8) is 0 Å². The van der Waals surface area contributed by atoms with E-state index in [-0.39, 0.29) is 0 Å². The maximum atomic E-state index is 5.74. The van der Waals surface area contributed by atoms with Crippen LogP contribution in [0.15, 0.2) is 10.5 Å². The molecule has 0 saturated carbocycles. The van der Waals surface area contributed by atoms with Gasteiger partial charge in [0.1, 0.15) is 18.1 Å². The van der Waals surface area contributed by atoms with Gasteiger partial charge >= 0.3 is 0 Å². The van der Waals surface area contributed by atoms with Gasteiger partial charge in [0.2, 0.25) is 0 Å². The Bertz CT molecular complexity index is 307. The molecule has 1 N–H and O–H groups in total. The SMILES string of the molecule is CCCCCOCc1cc(C)c(CNCC)o1. The molecule has 0 aliphatic carbocycles. The van der Waals surface area contributed by atoms with Crippen molar-refractivity contribution >= 4 is 0 Å². The highest BCUT2D eigenvalue weighted by atomic mass is 16.5. The van der Waals surface area contributed by atoms with Crippen molar-refractivity contribution in [1.29, 1.82) is 0 Å². The van der Waals surface area contributed by atoms with Crippen molar-refractivity contribution < 1.29 is 9.15 Å². The first-order valence-corrected chi connectivity index (χ1v) is 6.64. The highest BCUT2D eigenvalue weighted by Gasteiger charge is 2.06. The second kappa shape index (κ2) is 8.31. The summed E-state index contributed by atoms with van der Waals surface area (Å²) in [4.78, 5) is 0. The summed E-state index contributed by atoms with van der Waals surface area (Å²) in [5.41, 5.74) is 1.21. The molecule has 1 aromatic heterocycles. The summed E-state index contributed by atoms with van der Waals surface area (Å²) in [6.07, 6.45) is 3.61. The van der Waals surface area contributed by atoms with Gasteiger partial charge in [-0.3, -0.25) is 0 Å². The first-order chi connectivity index (χ1) is 8.27. The highest BCUT2D eigenvalue weighted by molar-refractivity contribution is 5.19. The lowest BCUT2D eigenvalue weighted by Gasteiger charge is -2.01. The number of hydrogen-bond acceptors (Lipinski definition) is 3. The topological polar surface area (TPSA) is 34.4 Å². The van der Waals surface area contributed by atoms with Gasteiger partial charge in [0.15, 0.2) is 0 Å². The third kappa shape index (κ3) is 5.37. The van der Waals surface area contributed by atoms with Gasteiger partial charge in [-0.15, -0.1) is 0 Å². The normalized spacial score (nSPS) is 11.0. The summed E-state index contributed by atoms with van der Waals surface area (Å²) in [5.74, 6) is 1.96. The lowest BCUT2D eigenvalue weighted by atomic mass is 10.2. The summed E-state index contributed by atoms with van der Waals surface area (Å²) >= 11 is 0. The van der Waals surface area contributed by atoms with E-state index in [0.717, 1.165) is 37.6 Å². The van der Waals surface area contributed by atoms with E-state index >= 15 is 0 Å². The average Bonchev–Trinajstić information content (AvgIpc) is 2.67. The summed E-state index contributed by atoms with van der Waals surface area (Å²) in [5, 5.41) is 3.27. The molecule has 0 aromatic carbocycles. The van der Waals surface area contributed by atoms with Crippen LogP contribution in [0.4, 0.5) is 0 Å². The van der Waals surface area contributed by atoms with Gasteiger partial charge in [-0.2, -0.15) is 0 Å². The Balaban J connectivity index is 2.28. The predicted octanol–water partition coefficient (Wildman–Crippen LogP) is 3.40. The molecule has 1 aromatic rings. The van der Waals surface area contributed by atoms with E-state index in [4.69, 9.17) is 9.15 Å². The molecule has 0 amide bonds. The van der Waals surface area contributed by atoms with Gasteiger partial charge in [-0.25, -0.2) is 0 Å². The van der Waals surface area contributed by atoms with Crippen LogP contribution in [0.25, 0.3) is 0 Å². The molecule has 1 rings (SSSR count). The fourth-order valence-corrected chi connectivity index (χ4v) is 1.70. The molecule has 0 spiro atoms. The Morgan fingerprint density at radius 2 is 2.12 bits per heavy atom. The van der Waals surface area contributed by atoms with Gasteiger partial charge in [0.25, 0.3) is 0 Å². The number of nitrogens with one attached hydrogen (secondary N) is 1. The summed E-state index contributed by atoms with van der Waals surface area (Å²) in [7, 11) is 0. The quantitative estimate of drug-likeness (QED) is 0.671. The second-order valence-electron chi connectivity index (χ2n) is 4.36. The summed E-state index contributed by atoms with van der Waals surface area (Å²) in [6, 6.07) is 2.08. The van der Waals surface area contributed by atoms with E-state index in [2.05, 4.69) is 32.2 Å². The van der Waals surface area contributed by atoms with E-state index in [1.54, 1.807) is 0 Å². The van der Waals surface area contributed by atoms with Crippen LogP contribution in [0.5, 0.6) is 0 Å². The van der Waals surface area contributed by atoms with E-state index in [1.807, 2.05) is 0 Å². The van der Waals surface area contributed by atoms with Crippen molar-refractivity contribution in [2.75, 3.05) is 13.2 Å². The number of aryl methyl sites for hydroxylation is 1. The minimum Gasteiger partial charge on any atom is -0.462 e. The third-order valence-corrected chi connectivity index (χ3v) is 2.74. The Hall–Kier alpha value is -0.800. The molecular formula is C14H25NO2. The van der Waals surface area contributed by atoms with Gasteiger partial charge in [-0.1, -0.05) is 26.7 Å².